The Balaban J connectivity index is 1.24. The Morgan fingerprint density at radius 3 is 2.78 bits per heavy atom. The van der Waals surface area contributed by atoms with Crippen LogP contribution in [0.25, 0.3) is 10.7 Å². The van der Waals surface area contributed by atoms with E-state index in [-0.39, 0.29) is 5.91 Å². The Hall–Kier alpha value is -1.34. The fourth-order valence-electron chi connectivity index (χ4n) is 4.66. The van der Waals surface area contributed by atoms with Crippen molar-refractivity contribution >= 4 is 29.0 Å². The number of piperidine rings is 1. The minimum absolute atomic E-state index is 0.270. The van der Waals surface area contributed by atoms with E-state index in [2.05, 4.69) is 37.2 Å². The maximum absolute atomic E-state index is 12.8. The van der Waals surface area contributed by atoms with E-state index in [1.54, 1.807) is 23.1 Å². The van der Waals surface area contributed by atoms with Crippen molar-refractivity contribution in [2.24, 2.45) is 11.8 Å². The average molecular weight is 403 g/mol. The second-order valence-electron chi connectivity index (χ2n) is 8.11. The first-order valence-corrected chi connectivity index (χ1v) is 12.1. The highest BCUT2D eigenvalue weighted by atomic mass is 32.2. The van der Waals surface area contributed by atoms with E-state index in [1.807, 2.05) is 0 Å². The van der Waals surface area contributed by atoms with E-state index in [1.165, 1.54) is 44.9 Å². The highest BCUT2D eigenvalue weighted by Crippen LogP contribution is 2.42. The van der Waals surface area contributed by atoms with Crippen molar-refractivity contribution in [1.82, 2.24) is 19.7 Å². The molecule has 1 aliphatic heterocycles. The summed E-state index contributed by atoms with van der Waals surface area (Å²) in [5, 5.41) is 11.9. The molecule has 27 heavy (non-hydrogen) atoms. The monoisotopic (exact) mass is 402 g/mol. The maximum atomic E-state index is 12.8. The topological polar surface area (TPSA) is 51.0 Å². The summed E-state index contributed by atoms with van der Waals surface area (Å²) < 4.78 is 2.26. The highest BCUT2D eigenvalue weighted by molar-refractivity contribution is 7.99. The molecule has 2 atom stereocenters. The van der Waals surface area contributed by atoms with Crippen molar-refractivity contribution in [2.45, 2.75) is 56.1 Å². The Labute approximate surface area is 168 Å². The molecule has 3 heterocycles. The minimum Gasteiger partial charge on any atom is -0.342 e. The largest absolute Gasteiger partial charge is 0.342 e. The van der Waals surface area contributed by atoms with E-state index in [0.717, 1.165) is 40.8 Å². The lowest BCUT2D eigenvalue weighted by atomic mass is 9.75. The number of likely N-dealkylation sites (tertiary alicyclic amines) is 1. The number of hydrogen-bond donors (Lipinski definition) is 0. The van der Waals surface area contributed by atoms with Gasteiger partial charge in [0.25, 0.3) is 0 Å². The van der Waals surface area contributed by atoms with Gasteiger partial charge in [0.1, 0.15) is 0 Å². The molecule has 144 valence electrons. The molecule has 0 bridgehead atoms. The van der Waals surface area contributed by atoms with Gasteiger partial charge in [-0.3, -0.25) is 9.36 Å². The van der Waals surface area contributed by atoms with Gasteiger partial charge in [0.15, 0.2) is 11.0 Å². The number of carbonyl (C=O) groups excluding carboxylic acids is 1. The quantitative estimate of drug-likeness (QED) is 0.692. The van der Waals surface area contributed by atoms with Crippen molar-refractivity contribution in [1.29, 1.82) is 0 Å². The van der Waals surface area contributed by atoms with Crippen LogP contribution in [0.2, 0.25) is 0 Å². The Kier molecular flexibility index (Phi) is 4.98. The predicted octanol–water partition coefficient (Wildman–Crippen LogP) is 4.47. The van der Waals surface area contributed by atoms with E-state index in [9.17, 15) is 4.79 Å². The van der Waals surface area contributed by atoms with Gasteiger partial charge in [0, 0.05) is 19.1 Å². The zero-order valence-electron chi connectivity index (χ0n) is 15.5. The second-order valence-corrected chi connectivity index (χ2v) is 10.00. The summed E-state index contributed by atoms with van der Waals surface area (Å²) in [5.74, 6) is 3.31. The molecule has 2 aromatic heterocycles. The number of nitrogens with zero attached hydrogens (tertiary/aromatic N) is 4. The van der Waals surface area contributed by atoms with Crippen LogP contribution in [-0.2, 0) is 4.79 Å². The number of rotatable bonds is 5. The van der Waals surface area contributed by atoms with E-state index in [0.29, 0.717) is 11.8 Å². The molecule has 0 aromatic carbocycles. The molecule has 7 heteroatoms. The molecule has 0 spiro atoms. The lowest BCUT2D eigenvalue weighted by molar-refractivity contribution is -0.131. The molecule has 1 saturated heterocycles. The van der Waals surface area contributed by atoms with Gasteiger partial charge in [0.2, 0.25) is 5.91 Å². The van der Waals surface area contributed by atoms with Crippen LogP contribution in [0.5, 0.6) is 0 Å². The van der Waals surface area contributed by atoms with Gasteiger partial charge >= 0.3 is 0 Å². The van der Waals surface area contributed by atoms with Gasteiger partial charge in [-0.2, -0.15) is 0 Å². The normalized spacial score (nSPS) is 25.4. The molecule has 2 aromatic rings. The minimum atomic E-state index is 0.270. The summed E-state index contributed by atoms with van der Waals surface area (Å²) in [7, 11) is 0. The lowest BCUT2D eigenvalue weighted by Gasteiger charge is -2.41. The van der Waals surface area contributed by atoms with Crippen LogP contribution in [0, 0.1) is 11.8 Å². The van der Waals surface area contributed by atoms with Crippen molar-refractivity contribution < 1.29 is 4.79 Å². The number of amides is 1. The van der Waals surface area contributed by atoms with Crippen LogP contribution >= 0.6 is 23.1 Å². The van der Waals surface area contributed by atoms with Gasteiger partial charge in [-0.25, -0.2) is 0 Å². The van der Waals surface area contributed by atoms with Crippen molar-refractivity contribution in [3.8, 4) is 10.7 Å². The van der Waals surface area contributed by atoms with Crippen LogP contribution in [0.15, 0.2) is 22.7 Å². The van der Waals surface area contributed by atoms with Crippen LogP contribution in [0.3, 0.4) is 0 Å². The van der Waals surface area contributed by atoms with Gasteiger partial charge in [-0.05, 0) is 49.0 Å². The van der Waals surface area contributed by atoms with Crippen LogP contribution in [0.1, 0.15) is 51.0 Å². The molecular formula is C20H26N4OS2. The highest BCUT2D eigenvalue weighted by Gasteiger charge is 2.34. The predicted molar refractivity (Wildman–Crippen MR) is 109 cm³/mol. The van der Waals surface area contributed by atoms with Crippen molar-refractivity contribution in [3.05, 3.63) is 17.5 Å². The van der Waals surface area contributed by atoms with Gasteiger partial charge < -0.3 is 4.90 Å². The van der Waals surface area contributed by atoms with E-state index >= 15 is 0 Å². The number of thioether (sulfide) groups is 1. The van der Waals surface area contributed by atoms with E-state index < -0.39 is 0 Å². The Bertz CT molecular complexity index is 799. The Morgan fingerprint density at radius 2 is 2.00 bits per heavy atom. The molecule has 2 aliphatic carbocycles. The summed E-state index contributed by atoms with van der Waals surface area (Å²) in [6.07, 6.45) is 8.98. The Morgan fingerprint density at radius 1 is 1.15 bits per heavy atom. The van der Waals surface area contributed by atoms with Crippen molar-refractivity contribution in [3.63, 3.8) is 0 Å². The van der Waals surface area contributed by atoms with Crippen LogP contribution in [0.4, 0.5) is 0 Å². The molecule has 3 aliphatic rings. The summed E-state index contributed by atoms with van der Waals surface area (Å²) >= 11 is 3.27. The molecule has 5 rings (SSSR count). The van der Waals surface area contributed by atoms with Crippen LogP contribution < -0.4 is 0 Å². The zero-order chi connectivity index (χ0) is 18.2. The first-order valence-electron chi connectivity index (χ1n) is 10.2. The number of fused-ring (bicyclic) bond motifs is 1. The third-order valence-electron chi connectivity index (χ3n) is 6.29. The lowest BCUT2D eigenvalue weighted by Crippen LogP contribution is -2.45. The molecule has 5 nitrogen and oxygen atoms in total. The van der Waals surface area contributed by atoms with Gasteiger partial charge in [-0.15, -0.1) is 21.5 Å². The number of carbonyl (C=O) groups is 1. The third kappa shape index (κ3) is 3.68. The summed E-state index contributed by atoms with van der Waals surface area (Å²) in [5.41, 5.74) is 0. The maximum Gasteiger partial charge on any atom is 0.233 e. The number of hydrogen-bond acceptors (Lipinski definition) is 5. The average Bonchev–Trinajstić information content (AvgIpc) is 3.23. The van der Waals surface area contributed by atoms with Crippen molar-refractivity contribution in [2.75, 3.05) is 18.8 Å². The first-order chi connectivity index (χ1) is 13.3. The second kappa shape index (κ2) is 7.59. The first kappa shape index (κ1) is 17.7. The smallest absolute Gasteiger partial charge is 0.233 e. The summed E-state index contributed by atoms with van der Waals surface area (Å²) in [4.78, 5) is 16.1. The van der Waals surface area contributed by atoms with Crippen LogP contribution in [-0.4, -0.2) is 44.4 Å². The van der Waals surface area contributed by atoms with E-state index in [4.69, 9.17) is 0 Å². The molecular weight excluding hydrogens is 376 g/mol. The summed E-state index contributed by atoms with van der Waals surface area (Å²) in [6, 6.07) is 4.66. The molecule has 1 amide bonds. The molecule has 0 radical (unpaired) electrons. The number of aromatic nitrogens is 3. The fraction of sp³-hybridized carbons (Fsp3) is 0.650. The standard InChI is InChI=1S/C20H26N4OS2/c25-18(23-10-9-14-4-1-2-5-15(14)12-23)13-27-20-22-21-19(17-6-3-11-26-17)24(20)16-7-8-16/h3,6,11,14-16H,1-2,4-5,7-10,12-13H2/t14-,15+/m1/s1. The fourth-order valence-corrected chi connectivity index (χ4v) is 6.27. The summed E-state index contributed by atoms with van der Waals surface area (Å²) in [6.45, 7) is 1.91. The molecule has 2 saturated carbocycles. The molecule has 3 fully saturated rings. The van der Waals surface area contributed by atoms with Gasteiger partial charge in [0.05, 0.1) is 10.6 Å². The SMILES string of the molecule is O=C(CSc1nnc(-c2cccs2)n1C1CC1)N1CC[C@H]2CCCC[C@H]2C1. The zero-order valence-corrected chi connectivity index (χ0v) is 17.2. The van der Waals surface area contributed by atoms with Gasteiger partial charge in [-0.1, -0.05) is 37.1 Å². The molecule has 0 unspecified atom stereocenters. The third-order valence-corrected chi connectivity index (χ3v) is 8.08. The number of thiophene rings is 1. The molecule has 0 N–H and O–H groups in total.